The number of amides is 1. The van der Waals surface area contributed by atoms with Crippen molar-refractivity contribution in [2.24, 2.45) is 17.1 Å². The third-order valence-corrected chi connectivity index (χ3v) is 4.89. The molecule has 17 heavy (non-hydrogen) atoms. The zero-order valence-electron chi connectivity index (χ0n) is 11.2. The van der Waals surface area contributed by atoms with Crippen molar-refractivity contribution in [2.75, 3.05) is 13.1 Å². The summed E-state index contributed by atoms with van der Waals surface area (Å²) in [6.45, 7) is 5.94. The van der Waals surface area contributed by atoms with Gasteiger partial charge in [0, 0.05) is 19.1 Å². The van der Waals surface area contributed by atoms with E-state index in [1.54, 1.807) is 0 Å². The first-order valence-corrected chi connectivity index (χ1v) is 7.13. The fourth-order valence-corrected chi connectivity index (χ4v) is 3.16. The number of nitrogens with zero attached hydrogens (tertiary/aromatic N) is 1. The molecule has 0 saturated heterocycles. The molecule has 3 nitrogen and oxygen atoms in total. The van der Waals surface area contributed by atoms with Crippen molar-refractivity contribution < 1.29 is 4.79 Å². The summed E-state index contributed by atoms with van der Waals surface area (Å²) in [5, 5.41) is 0. The minimum Gasteiger partial charge on any atom is -0.342 e. The van der Waals surface area contributed by atoms with Crippen molar-refractivity contribution >= 4 is 5.91 Å². The average molecular weight is 238 g/mol. The van der Waals surface area contributed by atoms with Gasteiger partial charge >= 0.3 is 0 Å². The molecular formula is C14H26N2O. The average Bonchev–Trinajstić information content (AvgIpc) is 2.59. The van der Waals surface area contributed by atoms with Gasteiger partial charge in [0.25, 0.3) is 0 Å². The van der Waals surface area contributed by atoms with Crippen LogP contribution >= 0.6 is 0 Å². The van der Waals surface area contributed by atoms with E-state index in [-0.39, 0.29) is 11.5 Å². The molecule has 2 rings (SSSR count). The van der Waals surface area contributed by atoms with Crippen LogP contribution in [0.15, 0.2) is 0 Å². The second-order valence-corrected chi connectivity index (χ2v) is 6.06. The van der Waals surface area contributed by atoms with E-state index in [1.165, 1.54) is 19.3 Å². The summed E-state index contributed by atoms with van der Waals surface area (Å²) >= 11 is 0. The summed E-state index contributed by atoms with van der Waals surface area (Å²) in [5.74, 6) is 1.05. The smallest absolute Gasteiger partial charge is 0.230 e. The van der Waals surface area contributed by atoms with E-state index in [1.807, 2.05) is 0 Å². The van der Waals surface area contributed by atoms with E-state index in [0.717, 1.165) is 38.3 Å². The summed E-state index contributed by atoms with van der Waals surface area (Å²) < 4.78 is 0. The second-order valence-electron chi connectivity index (χ2n) is 6.06. The van der Waals surface area contributed by atoms with Crippen molar-refractivity contribution in [3.63, 3.8) is 0 Å². The molecule has 2 unspecified atom stereocenters. The Morgan fingerprint density at radius 3 is 2.47 bits per heavy atom. The van der Waals surface area contributed by atoms with Gasteiger partial charge < -0.3 is 10.6 Å². The first-order chi connectivity index (χ1) is 8.08. The number of nitrogens with two attached hydrogens (primary N) is 1. The third kappa shape index (κ3) is 2.35. The van der Waals surface area contributed by atoms with E-state index >= 15 is 0 Å². The fraction of sp³-hybridized carbons (Fsp3) is 0.929. The number of hydrogen-bond donors (Lipinski definition) is 1. The van der Waals surface area contributed by atoms with Gasteiger partial charge in [-0.1, -0.05) is 12.8 Å². The van der Waals surface area contributed by atoms with Crippen LogP contribution in [-0.4, -0.2) is 29.9 Å². The largest absolute Gasteiger partial charge is 0.342 e. The quantitative estimate of drug-likeness (QED) is 0.815. The van der Waals surface area contributed by atoms with Crippen LogP contribution in [0.5, 0.6) is 0 Å². The molecule has 2 aliphatic carbocycles. The number of rotatable bonds is 4. The number of carbonyl (C=O) groups excluding carboxylic acids is 1. The predicted octanol–water partition coefficient (Wildman–Crippen LogP) is 2.15. The second kappa shape index (κ2) is 4.97. The lowest BCUT2D eigenvalue weighted by Crippen LogP contribution is -2.50. The topological polar surface area (TPSA) is 46.3 Å². The van der Waals surface area contributed by atoms with Gasteiger partial charge in [-0.2, -0.15) is 0 Å². The van der Waals surface area contributed by atoms with Crippen LogP contribution in [0.25, 0.3) is 0 Å². The van der Waals surface area contributed by atoms with Gasteiger partial charge in [-0.15, -0.1) is 0 Å². The summed E-state index contributed by atoms with van der Waals surface area (Å²) in [4.78, 5) is 14.7. The molecule has 2 aliphatic rings. The van der Waals surface area contributed by atoms with Crippen LogP contribution in [0.2, 0.25) is 0 Å². The maximum absolute atomic E-state index is 12.6. The molecule has 0 spiro atoms. The summed E-state index contributed by atoms with van der Waals surface area (Å²) in [6, 6.07) is 0.0606. The van der Waals surface area contributed by atoms with Crippen molar-refractivity contribution in [1.29, 1.82) is 0 Å². The first kappa shape index (κ1) is 12.9. The van der Waals surface area contributed by atoms with Crippen molar-refractivity contribution in [1.82, 2.24) is 4.90 Å². The molecule has 0 aromatic heterocycles. The van der Waals surface area contributed by atoms with Crippen molar-refractivity contribution in [3.8, 4) is 0 Å². The Kier molecular flexibility index (Phi) is 3.76. The van der Waals surface area contributed by atoms with Crippen LogP contribution in [0.3, 0.4) is 0 Å². The van der Waals surface area contributed by atoms with E-state index in [4.69, 9.17) is 5.73 Å². The lowest BCUT2D eigenvalue weighted by Gasteiger charge is -2.37. The minimum atomic E-state index is -0.292. The zero-order valence-corrected chi connectivity index (χ0v) is 11.2. The molecule has 1 amide bonds. The normalized spacial score (nSPS) is 33.5. The van der Waals surface area contributed by atoms with Crippen LogP contribution in [0.4, 0.5) is 0 Å². The van der Waals surface area contributed by atoms with Gasteiger partial charge in [-0.3, -0.25) is 4.79 Å². The van der Waals surface area contributed by atoms with Gasteiger partial charge in [0.05, 0.1) is 5.41 Å². The Morgan fingerprint density at radius 1 is 1.35 bits per heavy atom. The lowest BCUT2D eigenvalue weighted by molar-refractivity contribution is -0.142. The summed E-state index contributed by atoms with van der Waals surface area (Å²) in [7, 11) is 0. The molecule has 0 aromatic rings. The maximum atomic E-state index is 12.6. The Balaban J connectivity index is 2.00. The van der Waals surface area contributed by atoms with Gasteiger partial charge in [0.15, 0.2) is 0 Å². The molecule has 0 aliphatic heterocycles. The third-order valence-electron chi connectivity index (χ3n) is 4.89. The molecule has 2 N–H and O–H groups in total. The van der Waals surface area contributed by atoms with Crippen molar-refractivity contribution in [3.05, 3.63) is 0 Å². The molecule has 2 saturated carbocycles. The molecule has 0 aromatic carbocycles. The predicted molar refractivity (Wildman–Crippen MR) is 69.5 cm³/mol. The SMILES string of the molecule is CCN(CC1CCC1)C(=O)C1(C)CCCC1N. The molecule has 0 heterocycles. The summed E-state index contributed by atoms with van der Waals surface area (Å²) in [6.07, 6.45) is 7.01. The standard InChI is InChI=1S/C14H26N2O/c1-3-16(10-11-6-4-7-11)13(17)14(2)9-5-8-12(14)15/h11-12H,3-10,15H2,1-2H3. The molecular weight excluding hydrogens is 212 g/mol. The Hall–Kier alpha value is -0.570. The molecule has 3 heteroatoms. The minimum absolute atomic E-state index is 0.0606. The van der Waals surface area contributed by atoms with E-state index in [0.29, 0.717) is 5.91 Å². The highest BCUT2D eigenvalue weighted by atomic mass is 16.2. The molecule has 2 fully saturated rings. The number of carbonyl (C=O) groups is 1. The van der Waals surface area contributed by atoms with Crippen LogP contribution in [0, 0.1) is 11.3 Å². The molecule has 2 atom stereocenters. The monoisotopic (exact) mass is 238 g/mol. The summed E-state index contributed by atoms with van der Waals surface area (Å²) in [5.41, 5.74) is 5.84. The highest BCUT2D eigenvalue weighted by molar-refractivity contribution is 5.83. The zero-order chi connectivity index (χ0) is 12.5. The Morgan fingerprint density at radius 2 is 2.06 bits per heavy atom. The highest BCUT2D eigenvalue weighted by Crippen LogP contribution is 2.39. The molecule has 0 bridgehead atoms. The van der Waals surface area contributed by atoms with Crippen LogP contribution < -0.4 is 5.73 Å². The Labute approximate surface area is 105 Å². The van der Waals surface area contributed by atoms with Crippen LogP contribution in [-0.2, 0) is 4.79 Å². The highest BCUT2D eigenvalue weighted by Gasteiger charge is 2.45. The van der Waals surface area contributed by atoms with E-state index in [2.05, 4.69) is 18.7 Å². The first-order valence-electron chi connectivity index (χ1n) is 7.13. The maximum Gasteiger partial charge on any atom is 0.230 e. The van der Waals surface area contributed by atoms with E-state index < -0.39 is 0 Å². The van der Waals surface area contributed by atoms with Gasteiger partial charge in [0.2, 0.25) is 5.91 Å². The molecule has 98 valence electrons. The van der Waals surface area contributed by atoms with Gasteiger partial charge in [0.1, 0.15) is 0 Å². The van der Waals surface area contributed by atoms with E-state index in [9.17, 15) is 4.79 Å². The molecule has 0 radical (unpaired) electrons. The number of hydrogen-bond acceptors (Lipinski definition) is 2. The van der Waals surface area contributed by atoms with Gasteiger partial charge in [-0.05, 0) is 45.4 Å². The Bertz CT molecular complexity index is 288. The lowest BCUT2D eigenvalue weighted by atomic mass is 9.81. The van der Waals surface area contributed by atoms with Crippen LogP contribution in [0.1, 0.15) is 52.4 Å². The fourth-order valence-electron chi connectivity index (χ4n) is 3.16. The van der Waals surface area contributed by atoms with Gasteiger partial charge in [-0.25, -0.2) is 0 Å². The van der Waals surface area contributed by atoms with Crippen molar-refractivity contribution in [2.45, 2.75) is 58.4 Å².